The topological polar surface area (TPSA) is 58.4 Å². The minimum absolute atomic E-state index is 0.0571. The zero-order valence-electron chi connectivity index (χ0n) is 15.1. The van der Waals surface area contributed by atoms with Crippen LogP contribution in [-0.4, -0.2) is 42.1 Å². The van der Waals surface area contributed by atoms with Crippen LogP contribution in [0.2, 0.25) is 0 Å². The van der Waals surface area contributed by atoms with Crippen LogP contribution in [0.4, 0.5) is 0 Å². The van der Waals surface area contributed by atoms with Gasteiger partial charge in [-0.3, -0.25) is 4.79 Å². The van der Waals surface area contributed by atoms with E-state index in [1.807, 2.05) is 6.92 Å². The summed E-state index contributed by atoms with van der Waals surface area (Å²) in [5.41, 5.74) is 2.74. The average Bonchev–Trinajstić information content (AvgIpc) is 3.25. The van der Waals surface area contributed by atoms with Crippen LogP contribution in [0.15, 0.2) is 34.9 Å². The van der Waals surface area contributed by atoms with Crippen LogP contribution >= 0.6 is 0 Å². The number of hydrogen-bond donors (Lipinski definition) is 1. The summed E-state index contributed by atoms with van der Waals surface area (Å²) in [4.78, 5) is 14.9. The molecule has 2 heterocycles. The third-order valence-electron chi connectivity index (χ3n) is 4.98. The number of benzene rings is 1. The number of nitrogens with zero attached hydrogens (tertiary/aromatic N) is 2. The smallest absolute Gasteiger partial charge is 0.256 e. The van der Waals surface area contributed by atoms with Crippen LogP contribution in [0.5, 0.6) is 0 Å². The SMILES string of the molecule is CCc1noc(C)c1C(=O)NCC1CCN(CCc2ccccc2)C1. The Morgan fingerprint density at radius 1 is 1.36 bits per heavy atom. The van der Waals surface area contributed by atoms with Gasteiger partial charge in [-0.2, -0.15) is 0 Å². The first-order valence-corrected chi connectivity index (χ1v) is 9.17. The molecule has 5 heteroatoms. The molecular formula is C20H27N3O2. The van der Waals surface area contributed by atoms with Gasteiger partial charge in [-0.15, -0.1) is 0 Å². The molecular weight excluding hydrogens is 314 g/mol. The Morgan fingerprint density at radius 2 is 2.16 bits per heavy atom. The molecule has 1 aromatic heterocycles. The number of likely N-dealkylation sites (tertiary alicyclic amines) is 1. The number of aromatic nitrogens is 1. The van der Waals surface area contributed by atoms with E-state index >= 15 is 0 Å². The van der Waals surface area contributed by atoms with E-state index in [0.717, 1.165) is 38.2 Å². The third kappa shape index (κ3) is 4.48. The number of amides is 1. The van der Waals surface area contributed by atoms with Gasteiger partial charge in [0.05, 0.1) is 5.69 Å². The lowest BCUT2D eigenvalue weighted by molar-refractivity contribution is 0.0945. The molecule has 25 heavy (non-hydrogen) atoms. The quantitative estimate of drug-likeness (QED) is 0.841. The number of rotatable bonds is 7. The van der Waals surface area contributed by atoms with E-state index in [1.165, 1.54) is 5.56 Å². The molecule has 1 amide bonds. The highest BCUT2D eigenvalue weighted by molar-refractivity contribution is 5.96. The zero-order chi connectivity index (χ0) is 17.6. The Balaban J connectivity index is 1.44. The molecule has 1 saturated heterocycles. The molecule has 1 N–H and O–H groups in total. The molecule has 1 aliphatic rings. The molecule has 1 atom stereocenters. The van der Waals surface area contributed by atoms with Gasteiger partial charge in [0.25, 0.3) is 5.91 Å². The average molecular weight is 341 g/mol. The van der Waals surface area contributed by atoms with Gasteiger partial charge in [0, 0.05) is 19.6 Å². The van der Waals surface area contributed by atoms with Crippen molar-refractivity contribution >= 4 is 5.91 Å². The normalized spacial score (nSPS) is 17.8. The number of carbonyl (C=O) groups is 1. The predicted octanol–water partition coefficient (Wildman–Crippen LogP) is 2.84. The Labute approximate surface area is 149 Å². The van der Waals surface area contributed by atoms with Crippen molar-refractivity contribution in [3.8, 4) is 0 Å². The summed E-state index contributed by atoms with van der Waals surface area (Å²) in [6.45, 7) is 7.74. The second-order valence-corrected chi connectivity index (χ2v) is 6.81. The molecule has 0 saturated carbocycles. The molecule has 0 radical (unpaired) electrons. The van der Waals surface area contributed by atoms with E-state index in [2.05, 4.69) is 45.7 Å². The summed E-state index contributed by atoms with van der Waals surface area (Å²) < 4.78 is 5.15. The van der Waals surface area contributed by atoms with E-state index < -0.39 is 0 Å². The molecule has 1 aliphatic heterocycles. The van der Waals surface area contributed by atoms with Gasteiger partial charge < -0.3 is 14.7 Å². The first-order valence-electron chi connectivity index (χ1n) is 9.17. The van der Waals surface area contributed by atoms with Crippen molar-refractivity contribution in [1.29, 1.82) is 0 Å². The summed E-state index contributed by atoms with van der Waals surface area (Å²) in [7, 11) is 0. The van der Waals surface area contributed by atoms with Gasteiger partial charge in [-0.05, 0) is 44.2 Å². The van der Waals surface area contributed by atoms with Crippen LogP contribution in [-0.2, 0) is 12.8 Å². The van der Waals surface area contributed by atoms with E-state index in [-0.39, 0.29) is 5.91 Å². The number of hydrogen-bond acceptors (Lipinski definition) is 4. The fraction of sp³-hybridized carbons (Fsp3) is 0.500. The zero-order valence-corrected chi connectivity index (χ0v) is 15.1. The lowest BCUT2D eigenvalue weighted by Gasteiger charge is -2.16. The summed E-state index contributed by atoms with van der Waals surface area (Å²) in [6, 6.07) is 10.6. The highest BCUT2D eigenvalue weighted by atomic mass is 16.5. The Bertz CT molecular complexity index is 696. The van der Waals surface area contributed by atoms with Gasteiger partial charge >= 0.3 is 0 Å². The second-order valence-electron chi connectivity index (χ2n) is 6.81. The van der Waals surface area contributed by atoms with Crippen LogP contribution in [0.1, 0.15) is 40.7 Å². The van der Waals surface area contributed by atoms with Crippen molar-refractivity contribution in [1.82, 2.24) is 15.4 Å². The van der Waals surface area contributed by atoms with E-state index in [4.69, 9.17) is 4.52 Å². The standard InChI is InChI=1S/C20H27N3O2/c1-3-18-19(15(2)25-22-18)20(24)21-13-17-10-12-23(14-17)11-9-16-7-5-4-6-8-16/h4-8,17H,3,9-14H2,1-2H3,(H,21,24). The number of aryl methyl sites for hydroxylation is 2. The molecule has 0 spiro atoms. The molecule has 0 bridgehead atoms. The monoisotopic (exact) mass is 341 g/mol. The lowest BCUT2D eigenvalue weighted by Crippen LogP contribution is -2.32. The van der Waals surface area contributed by atoms with Gasteiger partial charge in [-0.1, -0.05) is 42.4 Å². The summed E-state index contributed by atoms with van der Waals surface area (Å²) in [6.07, 6.45) is 2.93. The maximum Gasteiger partial charge on any atom is 0.256 e. The maximum absolute atomic E-state index is 12.4. The summed E-state index contributed by atoms with van der Waals surface area (Å²) in [5, 5.41) is 7.03. The molecule has 134 valence electrons. The maximum atomic E-state index is 12.4. The lowest BCUT2D eigenvalue weighted by atomic mass is 10.1. The van der Waals surface area contributed by atoms with Crippen LogP contribution in [0, 0.1) is 12.8 Å². The predicted molar refractivity (Wildman–Crippen MR) is 97.6 cm³/mol. The number of carbonyl (C=O) groups excluding carboxylic acids is 1. The van der Waals surface area contributed by atoms with Crippen molar-refractivity contribution in [3.05, 3.63) is 52.9 Å². The highest BCUT2D eigenvalue weighted by Crippen LogP contribution is 2.17. The number of nitrogens with one attached hydrogen (secondary N) is 1. The van der Waals surface area contributed by atoms with E-state index in [1.54, 1.807) is 6.92 Å². The van der Waals surface area contributed by atoms with Crippen LogP contribution in [0.25, 0.3) is 0 Å². The molecule has 1 unspecified atom stereocenters. The van der Waals surface area contributed by atoms with E-state index in [0.29, 0.717) is 30.2 Å². The van der Waals surface area contributed by atoms with Crippen molar-refractivity contribution in [3.63, 3.8) is 0 Å². The fourth-order valence-electron chi connectivity index (χ4n) is 3.49. The van der Waals surface area contributed by atoms with Gasteiger partial charge in [0.15, 0.2) is 0 Å². The van der Waals surface area contributed by atoms with Crippen molar-refractivity contribution < 1.29 is 9.32 Å². The fourth-order valence-corrected chi connectivity index (χ4v) is 3.49. The Kier molecular flexibility index (Phi) is 5.87. The summed E-state index contributed by atoms with van der Waals surface area (Å²) >= 11 is 0. The first-order chi connectivity index (χ1) is 12.2. The second kappa shape index (κ2) is 8.30. The minimum atomic E-state index is -0.0571. The molecule has 3 rings (SSSR count). The van der Waals surface area contributed by atoms with Crippen molar-refractivity contribution in [2.24, 2.45) is 5.92 Å². The molecule has 2 aromatic rings. The van der Waals surface area contributed by atoms with E-state index in [9.17, 15) is 4.79 Å². The molecule has 1 fully saturated rings. The highest BCUT2D eigenvalue weighted by Gasteiger charge is 2.24. The Morgan fingerprint density at radius 3 is 2.92 bits per heavy atom. The Hall–Kier alpha value is -2.14. The minimum Gasteiger partial charge on any atom is -0.361 e. The van der Waals surface area contributed by atoms with Gasteiger partial charge in [0.2, 0.25) is 0 Å². The molecule has 5 nitrogen and oxygen atoms in total. The summed E-state index contributed by atoms with van der Waals surface area (Å²) in [5.74, 6) is 1.06. The molecule has 0 aliphatic carbocycles. The third-order valence-corrected chi connectivity index (χ3v) is 4.98. The largest absolute Gasteiger partial charge is 0.361 e. The molecule has 1 aromatic carbocycles. The van der Waals surface area contributed by atoms with Gasteiger partial charge in [0.1, 0.15) is 11.3 Å². The first kappa shape index (κ1) is 17.7. The van der Waals surface area contributed by atoms with Crippen LogP contribution in [0.3, 0.4) is 0 Å². The van der Waals surface area contributed by atoms with Crippen molar-refractivity contribution in [2.75, 3.05) is 26.2 Å². The van der Waals surface area contributed by atoms with Crippen molar-refractivity contribution in [2.45, 2.75) is 33.1 Å². The van der Waals surface area contributed by atoms with Gasteiger partial charge in [-0.25, -0.2) is 0 Å². The van der Waals surface area contributed by atoms with Crippen LogP contribution < -0.4 is 5.32 Å².